The summed E-state index contributed by atoms with van der Waals surface area (Å²) in [7, 11) is 1.97. The van der Waals surface area contributed by atoms with Crippen molar-refractivity contribution in [2.24, 2.45) is 5.73 Å². The van der Waals surface area contributed by atoms with Gasteiger partial charge in [-0.05, 0) is 31.0 Å². The molecule has 1 aromatic carbocycles. The van der Waals surface area contributed by atoms with E-state index >= 15 is 0 Å². The lowest BCUT2D eigenvalue weighted by Crippen LogP contribution is -2.43. The van der Waals surface area contributed by atoms with Crippen molar-refractivity contribution in [3.8, 4) is 0 Å². The molecule has 1 fully saturated rings. The number of rotatable bonds is 3. The first kappa shape index (κ1) is 14.2. The normalized spacial score (nSPS) is 23.1. The molecule has 1 aromatic rings. The van der Waals surface area contributed by atoms with Crippen molar-refractivity contribution < 1.29 is 5.11 Å². The number of nitrogen functional groups attached to an aromatic ring is 1. The Hall–Kier alpha value is -1.26. The van der Waals surface area contributed by atoms with Gasteiger partial charge in [-0.25, -0.2) is 0 Å². The molecular weight excluding hydrogens is 262 g/mol. The summed E-state index contributed by atoms with van der Waals surface area (Å²) in [6.07, 6.45) is 3.80. The lowest BCUT2D eigenvalue weighted by atomic mass is 9.91. The number of hydrogen-bond acceptors (Lipinski definition) is 3. The molecule has 1 saturated carbocycles. The van der Waals surface area contributed by atoms with E-state index in [0.717, 1.165) is 31.4 Å². The van der Waals surface area contributed by atoms with E-state index in [4.69, 9.17) is 22.7 Å². The van der Waals surface area contributed by atoms with Crippen molar-refractivity contribution in [3.63, 3.8) is 0 Å². The average Bonchev–Trinajstić information content (AvgIpc) is 2.38. The zero-order valence-electron chi connectivity index (χ0n) is 11.1. The van der Waals surface area contributed by atoms with E-state index in [1.807, 2.05) is 13.1 Å². The molecule has 0 aliphatic heterocycles. The number of amidine groups is 1. The van der Waals surface area contributed by atoms with E-state index in [1.165, 1.54) is 0 Å². The minimum absolute atomic E-state index is 0.0306. The SMILES string of the molecule is CN(c1ccc(C(=N)N)c(Cl)c1)C1CCCCC1O. The number of anilines is 1. The van der Waals surface area contributed by atoms with Crippen LogP contribution >= 0.6 is 11.6 Å². The van der Waals surface area contributed by atoms with Crippen molar-refractivity contribution >= 4 is 23.1 Å². The number of aliphatic hydroxyl groups is 1. The number of aliphatic hydroxyl groups excluding tert-OH is 1. The molecule has 0 spiro atoms. The highest BCUT2D eigenvalue weighted by atomic mass is 35.5. The average molecular weight is 282 g/mol. The number of nitrogens with two attached hydrogens (primary N) is 1. The van der Waals surface area contributed by atoms with Crippen molar-refractivity contribution in [1.82, 2.24) is 0 Å². The Morgan fingerprint density at radius 1 is 1.42 bits per heavy atom. The number of hydrogen-bond donors (Lipinski definition) is 3. The second-order valence-corrected chi connectivity index (χ2v) is 5.52. The van der Waals surface area contributed by atoms with Crippen LogP contribution in [-0.2, 0) is 0 Å². The van der Waals surface area contributed by atoms with Crippen LogP contribution in [0.1, 0.15) is 31.2 Å². The first-order valence-electron chi connectivity index (χ1n) is 6.55. The van der Waals surface area contributed by atoms with Crippen molar-refractivity contribution in [2.75, 3.05) is 11.9 Å². The Bertz CT molecular complexity index is 478. The highest BCUT2D eigenvalue weighted by Gasteiger charge is 2.27. The van der Waals surface area contributed by atoms with Gasteiger partial charge in [-0.1, -0.05) is 24.4 Å². The minimum atomic E-state index is -0.287. The van der Waals surface area contributed by atoms with E-state index in [9.17, 15) is 5.11 Å². The summed E-state index contributed by atoms with van der Waals surface area (Å²) in [4.78, 5) is 2.07. The molecule has 4 N–H and O–H groups in total. The molecule has 0 heterocycles. The predicted octanol–water partition coefficient (Wildman–Crippen LogP) is 2.36. The number of halogens is 1. The summed E-state index contributed by atoms with van der Waals surface area (Å²) in [5.41, 5.74) is 6.94. The van der Waals surface area contributed by atoms with Crippen LogP contribution in [0.4, 0.5) is 5.69 Å². The van der Waals surface area contributed by atoms with Crippen LogP contribution in [0.15, 0.2) is 18.2 Å². The monoisotopic (exact) mass is 281 g/mol. The van der Waals surface area contributed by atoms with Crippen molar-refractivity contribution in [1.29, 1.82) is 5.41 Å². The highest BCUT2D eigenvalue weighted by molar-refractivity contribution is 6.34. The van der Waals surface area contributed by atoms with Crippen LogP contribution in [0, 0.1) is 5.41 Å². The summed E-state index contributed by atoms with van der Waals surface area (Å²) >= 11 is 6.13. The maximum absolute atomic E-state index is 10.1. The van der Waals surface area contributed by atoms with Gasteiger partial charge in [0.15, 0.2) is 0 Å². The standard InChI is InChI=1S/C14H20ClN3O/c1-18(12-4-2-3-5-13(12)19)9-6-7-10(14(16)17)11(15)8-9/h6-8,12-13,19H,2-5H2,1H3,(H3,16,17). The lowest BCUT2D eigenvalue weighted by molar-refractivity contribution is 0.106. The van der Waals surface area contributed by atoms with Gasteiger partial charge in [0.2, 0.25) is 0 Å². The number of benzene rings is 1. The molecule has 0 saturated heterocycles. The minimum Gasteiger partial charge on any atom is -0.391 e. The number of nitrogens with zero attached hydrogens (tertiary/aromatic N) is 1. The second kappa shape index (κ2) is 5.80. The second-order valence-electron chi connectivity index (χ2n) is 5.11. The van der Waals surface area contributed by atoms with E-state index in [-0.39, 0.29) is 18.0 Å². The predicted molar refractivity (Wildman–Crippen MR) is 79.1 cm³/mol. The zero-order chi connectivity index (χ0) is 14.0. The van der Waals surface area contributed by atoms with Gasteiger partial charge in [0, 0.05) is 18.3 Å². The third kappa shape index (κ3) is 3.01. The molecule has 4 nitrogen and oxygen atoms in total. The van der Waals surface area contributed by atoms with E-state index in [1.54, 1.807) is 12.1 Å². The molecule has 19 heavy (non-hydrogen) atoms. The Kier molecular flexibility index (Phi) is 4.32. The fourth-order valence-corrected chi connectivity index (χ4v) is 2.95. The number of likely N-dealkylation sites (N-methyl/N-ethyl adjacent to an activating group) is 1. The van der Waals surface area contributed by atoms with Crippen molar-refractivity contribution in [3.05, 3.63) is 28.8 Å². The Labute approximate surface area is 118 Å². The van der Waals surface area contributed by atoms with Gasteiger partial charge < -0.3 is 15.7 Å². The Morgan fingerprint density at radius 3 is 2.68 bits per heavy atom. The molecule has 2 atom stereocenters. The lowest BCUT2D eigenvalue weighted by Gasteiger charge is -2.36. The molecule has 2 rings (SSSR count). The zero-order valence-corrected chi connectivity index (χ0v) is 11.8. The van der Waals surface area contributed by atoms with Gasteiger partial charge in [0.1, 0.15) is 5.84 Å². The van der Waals surface area contributed by atoms with E-state index in [2.05, 4.69) is 4.90 Å². The van der Waals surface area contributed by atoms with E-state index < -0.39 is 0 Å². The first-order valence-corrected chi connectivity index (χ1v) is 6.93. The van der Waals surface area contributed by atoms with E-state index in [0.29, 0.717) is 10.6 Å². The van der Waals surface area contributed by atoms with Gasteiger partial charge in [0.05, 0.1) is 17.2 Å². The molecule has 1 aliphatic carbocycles. The molecular formula is C14H20ClN3O. The molecule has 2 unspecified atom stereocenters. The van der Waals surface area contributed by atoms with Gasteiger partial charge in [-0.15, -0.1) is 0 Å². The fourth-order valence-electron chi connectivity index (χ4n) is 2.68. The highest BCUT2D eigenvalue weighted by Crippen LogP contribution is 2.29. The van der Waals surface area contributed by atoms with Crippen LogP contribution in [-0.4, -0.2) is 30.1 Å². The maximum Gasteiger partial charge on any atom is 0.124 e. The molecule has 5 heteroatoms. The first-order chi connectivity index (χ1) is 9.00. The van der Waals surface area contributed by atoms with Crippen LogP contribution in [0.2, 0.25) is 5.02 Å². The third-order valence-corrected chi connectivity index (χ3v) is 4.15. The van der Waals surface area contributed by atoms with Crippen LogP contribution < -0.4 is 10.6 Å². The Balaban J connectivity index is 2.21. The van der Waals surface area contributed by atoms with Gasteiger partial charge in [-0.3, -0.25) is 5.41 Å². The fraction of sp³-hybridized carbons (Fsp3) is 0.500. The molecule has 0 aromatic heterocycles. The molecule has 104 valence electrons. The molecule has 0 amide bonds. The molecule has 0 bridgehead atoms. The van der Waals surface area contributed by atoms with Gasteiger partial charge in [0.25, 0.3) is 0 Å². The summed E-state index contributed by atoms with van der Waals surface area (Å²) in [6, 6.07) is 5.59. The topological polar surface area (TPSA) is 73.3 Å². The summed E-state index contributed by atoms with van der Waals surface area (Å²) in [5, 5.41) is 18.0. The van der Waals surface area contributed by atoms with Crippen molar-refractivity contribution in [2.45, 2.75) is 37.8 Å². The van der Waals surface area contributed by atoms with Crippen LogP contribution in [0.3, 0.4) is 0 Å². The summed E-state index contributed by atoms with van der Waals surface area (Å²) in [5.74, 6) is -0.0306. The number of nitrogens with one attached hydrogen (secondary N) is 1. The summed E-state index contributed by atoms with van der Waals surface area (Å²) in [6.45, 7) is 0. The largest absolute Gasteiger partial charge is 0.391 e. The smallest absolute Gasteiger partial charge is 0.124 e. The third-order valence-electron chi connectivity index (χ3n) is 3.84. The van der Waals surface area contributed by atoms with Gasteiger partial charge >= 0.3 is 0 Å². The quantitative estimate of drug-likeness (QED) is 0.588. The molecule has 0 radical (unpaired) electrons. The summed E-state index contributed by atoms with van der Waals surface area (Å²) < 4.78 is 0. The molecule has 1 aliphatic rings. The maximum atomic E-state index is 10.1. The van der Waals surface area contributed by atoms with Crippen LogP contribution in [0.5, 0.6) is 0 Å². The Morgan fingerprint density at radius 2 is 2.11 bits per heavy atom. The van der Waals surface area contributed by atoms with Gasteiger partial charge in [-0.2, -0.15) is 0 Å². The van der Waals surface area contributed by atoms with Crippen LogP contribution in [0.25, 0.3) is 0 Å².